The van der Waals surface area contributed by atoms with Gasteiger partial charge in [-0.25, -0.2) is 15.0 Å². The number of pyridine rings is 1. The number of halogens is 3. The van der Waals surface area contributed by atoms with Crippen LogP contribution >= 0.6 is 0 Å². The van der Waals surface area contributed by atoms with Gasteiger partial charge in [-0.15, -0.1) is 4.80 Å². The van der Waals surface area contributed by atoms with Gasteiger partial charge in [0.2, 0.25) is 0 Å². The number of hydrogen-bond donors (Lipinski definition) is 1. The maximum atomic E-state index is 13.4. The zero-order valence-electron chi connectivity index (χ0n) is 17.4. The molecule has 1 fully saturated rings. The van der Waals surface area contributed by atoms with E-state index in [9.17, 15) is 18.0 Å². The van der Waals surface area contributed by atoms with Gasteiger partial charge in [-0.2, -0.15) is 23.4 Å². The van der Waals surface area contributed by atoms with E-state index in [4.69, 9.17) is 0 Å². The number of alkyl halides is 3. The molecule has 1 N–H and O–H groups in total. The first-order valence-electron chi connectivity index (χ1n) is 10.0. The molecule has 1 saturated heterocycles. The van der Waals surface area contributed by atoms with Crippen molar-refractivity contribution in [3.63, 3.8) is 0 Å². The molecular weight excluding hydrogens is 425 g/mol. The van der Waals surface area contributed by atoms with Crippen LogP contribution in [0.25, 0.3) is 5.69 Å². The Bertz CT molecular complexity index is 1090. The first-order chi connectivity index (χ1) is 15.2. The summed E-state index contributed by atoms with van der Waals surface area (Å²) in [5.74, 6) is -0.0474. The lowest BCUT2D eigenvalue weighted by atomic mass is 9.96. The van der Waals surface area contributed by atoms with Crippen molar-refractivity contribution in [1.82, 2.24) is 34.8 Å². The standard InChI is InChI=1S/C20H21F3N8O/c1-12-8-15(31-27-5-6-28-31)18(26-9-12)19(32)30-7-3-4-14(13(30)2)29-17-11-24-16(10-25-17)20(21,22)23/h5-6,8-11,13-14H,3-4,7H2,1-2H3,(H,25,29). The van der Waals surface area contributed by atoms with Gasteiger partial charge in [0.25, 0.3) is 5.91 Å². The highest BCUT2D eigenvalue weighted by atomic mass is 19.4. The summed E-state index contributed by atoms with van der Waals surface area (Å²) in [6.07, 6.45) is 3.29. The number of amides is 1. The third kappa shape index (κ3) is 4.39. The molecule has 32 heavy (non-hydrogen) atoms. The van der Waals surface area contributed by atoms with Crippen molar-refractivity contribution in [2.75, 3.05) is 11.9 Å². The number of piperidine rings is 1. The van der Waals surface area contributed by atoms with Gasteiger partial charge in [-0.3, -0.25) is 4.79 Å². The molecule has 2 unspecified atom stereocenters. The molecule has 1 aliphatic heterocycles. The van der Waals surface area contributed by atoms with E-state index in [0.717, 1.165) is 18.2 Å². The van der Waals surface area contributed by atoms with Crippen molar-refractivity contribution in [3.05, 3.63) is 54.0 Å². The van der Waals surface area contributed by atoms with Crippen LogP contribution in [0.5, 0.6) is 0 Å². The van der Waals surface area contributed by atoms with E-state index >= 15 is 0 Å². The van der Waals surface area contributed by atoms with Gasteiger partial charge >= 0.3 is 6.18 Å². The van der Waals surface area contributed by atoms with E-state index in [1.165, 1.54) is 17.2 Å². The molecule has 9 nitrogen and oxygen atoms in total. The van der Waals surface area contributed by atoms with Gasteiger partial charge in [0.1, 0.15) is 11.5 Å². The number of likely N-dealkylation sites (tertiary alicyclic amines) is 1. The number of aromatic nitrogens is 6. The van der Waals surface area contributed by atoms with Crippen molar-refractivity contribution < 1.29 is 18.0 Å². The summed E-state index contributed by atoms with van der Waals surface area (Å²) >= 11 is 0. The summed E-state index contributed by atoms with van der Waals surface area (Å²) < 4.78 is 38.2. The van der Waals surface area contributed by atoms with E-state index < -0.39 is 11.9 Å². The average molecular weight is 446 g/mol. The SMILES string of the molecule is Cc1cnc(C(=O)N2CCCC(Nc3cnc(C(F)(F)F)cn3)C2C)c(-n2nccn2)c1. The Hall–Kier alpha value is -3.57. The van der Waals surface area contributed by atoms with Crippen molar-refractivity contribution >= 4 is 11.7 Å². The van der Waals surface area contributed by atoms with Gasteiger partial charge < -0.3 is 10.2 Å². The molecule has 1 amide bonds. The molecule has 4 heterocycles. The predicted molar refractivity (Wildman–Crippen MR) is 108 cm³/mol. The summed E-state index contributed by atoms with van der Waals surface area (Å²) in [7, 11) is 0. The first-order valence-corrected chi connectivity index (χ1v) is 10.0. The smallest absolute Gasteiger partial charge is 0.364 e. The molecule has 0 bridgehead atoms. The number of nitrogens with zero attached hydrogens (tertiary/aromatic N) is 7. The fourth-order valence-corrected chi connectivity index (χ4v) is 3.71. The number of aryl methyl sites for hydroxylation is 1. The zero-order chi connectivity index (χ0) is 22.9. The third-order valence-corrected chi connectivity index (χ3v) is 5.37. The monoisotopic (exact) mass is 446 g/mol. The average Bonchev–Trinajstić information content (AvgIpc) is 3.29. The molecule has 3 aromatic rings. The topological polar surface area (TPSA) is 102 Å². The van der Waals surface area contributed by atoms with E-state index in [0.29, 0.717) is 24.8 Å². The zero-order valence-corrected chi connectivity index (χ0v) is 17.4. The molecule has 0 radical (unpaired) electrons. The lowest BCUT2D eigenvalue weighted by Gasteiger charge is -2.39. The number of rotatable bonds is 4. The molecule has 0 aromatic carbocycles. The fourth-order valence-electron chi connectivity index (χ4n) is 3.71. The van der Waals surface area contributed by atoms with Crippen LogP contribution in [0.1, 0.15) is 41.5 Å². The van der Waals surface area contributed by atoms with Crippen molar-refractivity contribution in [2.45, 2.75) is 44.9 Å². The molecule has 12 heteroatoms. The maximum Gasteiger partial charge on any atom is 0.434 e. The molecule has 0 saturated carbocycles. The van der Waals surface area contributed by atoms with Crippen molar-refractivity contribution in [1.29, 1.82) is 0 Å². The number of carbonyl (C=O) groups is 1. The highest BCUT2D eigenvalue weighted by Gasteiger charge is 2.35. The second-order valence-corrected chi connectivity index (χ2v) is 7.62. The Labute approximate surface area is 181 Å². The van der Waals surface area contributed by atoms with Gasteiger partial charge in [0.15, 0.2) is 11.4 Å². The van der Waals surface area contributed by atoms with E-state index in [1.807, 2.05) is 13.8 Å². The van der Waals surface area contributed by atoms with Crippen LogP contribution in [-0.2, 0) is 6.18 Å². The van der Waals surface area contributed by atoms with Gasteiger partial charge in [-0.05, 0) is 38.3 Å². The summed E-state index contributed by atoms with van der Waals surface area (Å²) in [6.45, 7) is 4.27. The van der Waals surface area contributed by atoms with Crippen molar-refractivity contribution in [3.8, 4) is 5.69 Å². The molecule has 3 aromatic heterocycles. The minimum absolute atomic E-state index is 0.213. The number of nitrogens with one attached hydrogen (secondary N) is 1. The largest absolute Gasteiger partial charge is 0.434 e. The molecule has 1 aliphatic rings. The third-order valence-electron chi connectivity index (χ3n) is 5.37. The number of hydrogen-bond acceptors (Lipinski definition) is 7. The lowest BCUT2D eigenvalue weighted by molar-refractivity contribution is -0.141. The number of carbonyl (C=O) groups excluding carboxylic acids is 1. The summed E-state index contributed by atoms with van der Waals surface area (Å²) in [5, 5.41) is 11.3. The van der Waals surface area contributed by atoms with Crippen LogP contribution in [0.4, 0.5) is 19.0 Å². The lowest BCUT2D eigenvalue weighted by Crippen LogP contribution is -2.52. The highest BCUT2D eigenvalue weighted by molar-refractivity contribution is 5.96. The van der Waals surface area contributed by atoms with Crippen LogP contribution in [0.2, 0.25) is 0 Å². The maximum absolute atomic E-state index is 13.4. The summed E-state index contributed by atoms with van der Waals surface area (Å²) in [5.41, 5.74) is 0.521. The Balaban J connectivity index is 1.54. The minimum atomic E-state index is -4.55. The van der Waals surface area contributed by atoms with E-state index in [1.54, 1.807) is 17.2 Å². The quantitative estimate of drug-likeness (QED) is 0.658. The van der Waals surface area contributed by atoms with Crippen LogP contribution in [-0.4, -0.2) is 59.4 Å². The first kappa shape index (κ1) is 21.7. The molecule has 168 valence electrons. The minimum Gasteiger partial charge on any atom is -0.364 e. The van der Waals surface area contributed by atoms with Gasteiger partial charge in [0.05, 0.1) is 24.8 Å². The van der Waals surface area contributed by atoms with Crippen LogP contribution in [0.15, 0.2) is 37.1 Å². The van der Waals surface area contributed by atoms with Crippen molar-refractivity contribution in [2.24, 2.45) is 0 Å². The van der Waals surface area contributed by atoms with E-state index in [2.05, 4.69) is 30.5 Å². The second kappa shape index (κ2) is 8.52. The Morgan fingerprint density at radius 1 is 1.12 bits per heavy atom. The van der Waals surface area contributed by atoms with E-state index in [-0.39, 0.29) is 29.5 Å². The van der Waals surface area contributed by atoms with Crippen LogP contribution in [0.3, 0.4) is 0 Å². The summed E-state index contributed by atoms with van der Waals surface area (Å²) in [4.78, 5) is 28.1. The number of anilines is 1. The Kier molecular flexibility index (Phi) is 5.76. The normalized spacial score (nSPS) is 19.1. The Morgan fingerprint density at radius 2 is 1.88 bits per heavy atom. The van der Waals surface area contributed by atoms with Crippen LogP contribution in [0, 0.1) is 6.92 Å². The fraction of sp³-hybridized carbons (Fsp3) is 0.400. The molecule has 2 atom stereocenters. The van der Waals surface area contributed by atoms with Gasteiger partial charge in [0, 0.05) is 24.8 Å². The summed E-state index contributed by atoms with van der Waals surface area (Å²) in [6, 6.07) is 1.32. The van der Waals surface area contributed by atoms with Gasteiger partial charge in [-0.1, -0.05) is 0 Å². The highest BCUT2D eigenvalue weighted by Crippen LogP contribution is 2.28. The predicted octanol–water partition coefficient (Wildman–Crippen LogP) is 2.88. The second-order valence-electron chi connectivity index (χ2n) is 7.62. The molecule has 4 rings (SSSR count). The molecule has 0 spiro atoms. The van der Waals surface area contributed by atoms with Crippen LogP contribution < -0.4 is 5.32 Å². The molecular formula is C20H21F3N8O. The Morgan fingerprint density at radius 3 is 2.53 bits per heavy atom. The molecule has 0 aliphatic carbocycles.